The number of alkyl halides is 1. The number of hydrogen-bond donors (Lipinski definition) is 0. The lowest BCUT2D eigenvalue weighted by Crippen LogP contribution is -2.48. The summed E-state index contributed by atoms with van der Waals surface area (Å²) < 4.78 is 7.53. The minimum absolute atomic E-state index is 0.0303. The number of carbonyl (C=O) groups excluding carboxylic acids is 2. The van der Waals surface area contributed by atoms with Crippen LogP contribution in [0, 0.1) is 5.41 Å². The zero-order chi connectivity index (χ0) is 27.5. The van der Waals surface area contributed by atoms with Gasteiger partial charge in [-0.1, -0.05) is 55.8 Å². The summed E-state index contributed by atoms with van der Waals surface area (Å²) in [5.74, 6) is 0.843. The van der Waals surface area contributed by atoms with Gasteiger partial charge in [-0.15, -0.1) is 11.6 Å². The lowest BCUT2D eigenvalue weighted by Gasteiger charge is -2.32. The summed E-state index contributed by atoms with van der Waals surface area (Å²) in [5, 5.41) is 0. The van der Waals surface area contributed by atoms with Crippen molar-refractivity contribution < 1.29 is 14.3 Å². The van der Waals surface area contributed by atoms with Crippen molar-refractivity contribution in [3.05, 3.63) is 89.7 Å². The number of rotatable bonds is 14. The highest BCUT2D eigenvalue weighted by atomic mass is 35.5. The number of aromatic nitrogens is 1. The lowest BCUT2D eigenvalue weighted by molar-refractivity contribution is -0.146. The Hall–Kier alpha value is -3.25. The first-order valence-corrected chi connectivity index (χ1v) is 13.7. The molecule has 0 saturated carbocycles. The minimum atomic E-state index is -0.731. The second-order valence-corrected chi connectivity index (χ2v) is 10.6. The molecule has 0 unspecified atom stereocenters. The Morgan fingerprint density at radius 2 is 1.68 bits per heavy atom. The van der Waals surface area contributed by atoms with Crippen LogP contribution in [-0.2, 0) is 29.2 Å². The summed E-state index contributed by atoms with van der Waals surface area (Å²) in [6.45, 7) is 7.86. The highest BCUT2D eigenvalue weighted by molar-refractivity contribution is 6.19. The van der Waals surface area contributed by atoms with E-state index in [0.29, 0.717) is 26.2 Å². The van der Waals surface area contributed by atoms with Crippen molar-refractivity contribution >= 4 is 23.4 Å². The van der Waals surface area contributed by atoms with Crippen molar-refractivity contribution in [3.63, 3.8) is 0 Å². The molecule has 0 aliphatic heterocycles. The van der Waals surface area contributed by atoms with Crippen LogP contribution in [0.3, 0.4) is 0 Å². The maximum absolute atomic E-state index is 13.8. The van der Waals surface area contributed by atoms with Crippen molar-refractivity contribution in [1.82, 2.24) is 14.4 Å². The fourth-order valence-electron chi connectivity index (χ4n) is 4.30. The topological polar surface area (TPSA) is 54.8 Å². The van der Waals surface area contributed by atoms with E-state index in [9.17, 15) is 9.59 Å². The molecule has 2 aromatic carbocycles. The van der Waals surface area contributed by atoms with Crippen molar-refractivity contribution in [2.24, 2.45) is 5.41 Å². The van der Waals surface area contributed by atoms with Crippen LogP contribution in [0.15, 0.2) is 72.9 Å². The van der Waals surface area contributed by atoms with Crippen LogP contribution in [0.1, 0.15) is 50.4 Å². The predicted octanol–water partition coefficient (Wildman–Crippen LogP) is 5.97. The quantitative estimate of drug-likeness (QED) is 0.238. The van der Waals surface area contributed by atoms with Crippen molar-refractivity contribution in [3.8, 4) is 5.75 Å². The highest BCUT2D eigenvalue weighted by Gasteiger charge is 2.33. The summed E-state index contributed by atoms with van der Waals surface area (Å²) in [4.78, 5) is 30.6. The van der Waals surface area contributed by atoms with Crippen LogP contribution in [-0.4, -0.2) is 52.3 Å². The van der Waals surface area contributed by atoms with Crippen molar-refractivity contribution in [2.75, 3.05) is 26.1 Å². The second kappa shape index (κ2) is 14.1. The van der Waals surface area contributed by atoms with Gasteiger partial charge in [-0.25, -0.2) is 0 Å². The van der Waals surface area contributed by atoms with Gasteiger partial charge in [0, 0.05) is 37.4 Å². The molecule has 2 amide bonds. The molecule has 0 aliphatic rings. The molecular formula is C31H40ClN3O3. The van der Waals surface area contributed by atoms with Crippen LogP contribution in [0.25, 0.3) is 0 Å². The van der Waals surface area contributed by atoms with Gasteiger partial charge in [0.2, 0.25) is 11.8 Å². The molecule has 3 rings (SSSR count). The number of hydrogen-bond acceptors (Lipinski definition) is 3. The molecule has 0 aliphatic carbocycles. The molecule has 204 valence electrons. The normalized spacial score (nSPS) is 11.3. The fourth-order valence-corrected chi connectivity index (χ4v) is 4.41. The zero-order valence-corrected chi connectivity index (χ0v) is 23.8. The molecule has 38 heavy (non-hydrogen) atoms. The van der Waals surface area contributed by atoms with Crippen molar-refractivity contribution in [1.29, 1.82) is 0 Å². The average molecular weight is 538 g/mol. The van der Waals surface area contributed by atoms with Gasteiger partial charge in [-0.3, -0.25) is 9.59 Å². The van der Waals surface area contributed by atoms with Gasteiger partial charge in [0.1, 0.15) is 5.75 Å². The summed E-state index contributed by atoms with van der Waals surface area (Å²) in [6.07, 6.45) is 3.80. The van der Waals surface area contributed by atoms with Crippen LogP contribution in [0.2, 0.25) is 0 Å². The molecule has 0 spiro atoms. The largest absolute Gasteiger partial charge is 0.497 e. The molecule has 0 saturated heterocycles. The van der Waals surface area contributed by atoms with Gasteiger partial charge in [0.05, 0.1) is 25.6 Å². The molecule has 3 aromatic rings. The van der Waals surface area contributed by atoms with Gasteiger partial charge in [-0.05, 0) is 55.7 Å². The van der Waals surface area contributed by atoms with Crippen LogP contribution < -0.4 is 4.74 Å². The number of carbonyl (C=O) groups is 2. The van der Waals surface area contributed by atoms with Gasteiger partial charge in [0.25, 0.3) is 0 Å². The molecule has 0 radical (unpaired) electrons. The molecule has 0 fully saturated rings. The summed E-state index contributed by atoms with van der Waals surface area (Å²) in [6, 6.07) is 22.0. The SMILES string of the molecule is CCCCN(CC(=O)N(Cc1ccccc1)Cc1cccn1Cc1cccc(OC)c1)C(=O)C(C)(C)CCl. The van der Waals surface area contributed by atoms with Crippen molar-refractivity contribution in [2.45, 2.75) is 53.2 Å². The first-order chi connectivity index (χ1) is 18.3. The maximum atomic E-state index is 13.8. The van der Waals surface area contributed by atoms with E-state index in [4.69, 9.17) is 16.3 Å². The number of nitrogens with zero attached hydrogens (tertiary/aromatic N) is 3. The molecule has 7 heteroatoms. The first-order valence-electron chi connectivity index (χ1n) is 13.2. The molecule has 1 aromatic heterocycles. The van der Waals surface area contributed by atoms with E-state index in [0.717, 1.165) is 35.4 Å². The van der Waals surface area contributed by atoms with E-state index in [-0.39, 0.29) is 24.2 Å². The molecule has 0 bridgehead atoms. The number of ether oxygens (including phenoxy) is 1. The molecular weight excluding hydrogens is 498 g/mol. The molecule has 1 heterocycles. The summed E-state index contributed by atoms with van der Waals surface area (Å²) >= 11 is 6.12. The van der Waals surface area contributed by atoms with Crippen LogP contribution >= 0.6 is 11.6 Å². The van der Waals surface area contributed by atoms with E-state index >= 15 is 0 Å². The number of benzene rings is 2. The number of halogens is 1. The van der Waals surface area contributed by atoms with E-state index in [1.165, 1.54) is 0 Å². The fraction of sp³-hybridized carbons (Fsp3) is 0.419. The standard InChI is InChI=1S/C31H40ClN3O3/c1-5-6-17-34(30(37)31(2,3)24-32)23-29(36)35(20-25-12-8-7-9-13-25)22-27-15-11-18-33(27)21-26-14-10-16-28(19-26)38-4/h7-16,18-19H,5-6,17,20-24H2,1-4H3. The maximum Gasteiger partial charge on any atom is 0.242 e. The Kier molecular flexibility index (Phi) is 10.8. The monoisotopic (exact) mass is 537 g/mol. The third-order valence-electron chi connectivity index (χ3n) is 6.64. The Morgan fingerprint density at radius 3 is 2.37 bits per heavy atom. The van der Waals surface area contributed by atoms with E-state index in [2.05, 4.69) is 17.6 Å². The first kappa shape index (κ1) is 29.3. The predicted molar refractivity (Wildman–Crippen MR) is 153 cm³/mol. The van der Waals surface area contributed by atoms with E-state index in [1.54, 1.807) is 12.0 Å². The van der Waals surface area contributed by atoms with Crippen LogP contribution in [0.5, 0.6) is 5.75 Å². The summed E-state index contributed by atoms with van der Waals surface area (Å²) in [7, 11) is 1.66. The van der Waals surface area contributed by atoms with Gasteiger partial charge < -0.3 is 19.1 Å². The molecule has 0 atom stereocenters. The molecule has 0 N–H and O–H groups in total. The second-order valence-electron chi connectivity index (χ2n) is 10.3. The van der Waals surface area contributed by atoms with Gasteiger partial charge in [0.15, 0.2) is 0 Å². The Bertz CT molecular complexity index is 1180. The van der Waals surface area contributed by atoms with Gasteiger partial charge >= 0.3 is 0 Å². The summed E-state index contributed by atoms with van der Waals surface area (Å²) in [5.41, 5.74) is 2.44. The Balaban J connectivity index is 1.84. The van der Waals surface area contributed by atoms with Crippen LogP contribution in [0.4, 0.5) is 0 Å². The minimum Gasteiger partial charge on any atom is -0.497 e. The van der Waals surface area contributed by atoms with E-state index in [1.807, 2.05) is 85.6 Å². The molecule has 6 nitrogen and oxygen atoms in total. The zero-order valence-electron chi connectivity index (χ0n) is 23.0. The lowest BCUT2D eigenvalue weighted by atomic mass is 9.94. The number of methoxy groups -OCH3 is 1. The average Bonchev–Trinajstić information content (AvgIpc) is 3.36. The highest BCUT2D eigenvalue weighted by Crippen LogP contribution is 2.22. The van der Waals surface area contributed by atoms with E-state index < -0.39 is 5.41 Å². The Morgan fingerprint density at radius 1 is 0.947 bits per heavy atom. The third kappa shape index (κ3) is 8.12. The Labute approximate surface area is 232 Å². The smallest absolute Gasteiger partial charge is 0.242 e. The van der Waals surface area contributed by atoms with Gasteiger partial charge in [-0.2, -0.15) is 0 Å². The third-order valence-corrected chi connectivity index (χ3v) is 7.31. The number of unbranched alkanes of at least 4 members (excludes halogenated alkanes) is 1. The number of amides is 2.